The Labute approximate surface area is 117 Å². The summed E-state index contributed by atoms with van der Waals surface area (Å²) >= 11 is 0. The van der Waals surface area contributed by atoms with E-state index in [1.165, 1.54) is 0 Å². The fraction of sp³-hybridized carbons (Fsp3) is 0.800. The summed E-state index contributed by atoms with van der Waals surface area (Å²) in [6.45, 7) is 4.24. The molecule has 0 aromatic carbocycles. The van der Waals surface area contributed by atoms with E-state index in [1.54, 1.807) is 6.08 Å². The van der Waals surface area contributed by atoms with Crippen molar-refractivity contribution in [3.05, 3.63) is 11.6 Å². The van der Waals surface area contributed by atoms with Crippen LogP contribution in [0.5, 0.6) is 0 Å². The van der Waals surface area contributed by atoms with Crippen molar-refractivity contribution < 1.29 is 24.5 Å². The largest absolute Gasteiger partial charge is 0.393 e. The summed E-state index contributed by atoms with van der Waals surface area (Å²) in [6, 6.07) is 0. The molecule has 0 aromatic rings. The zero-order valence-electron chi connectivity index (χ0n) is 11.8. The van der Waals surface area contributed by atoms with E-state index < -0.39 is 11.2 Å². The van der Waals surface area contributed by atoms with E-state index in [0.29, 0.717) is 13.0 Å². The van der Waals surface area contributed by atoms with Crippen LogP contribution in [-0.4, -0.2) is 52.6 Å². The molecule has 0 spiro atoms. The predicted octanol–water partition coefficient (Wildman–Crippen LogP) is 0.192. The average molecular weight is 280 g/mol. The monoisotopic (exact) mass is 280 g/mol. The Balaban J connectivity index is 1.81. The van der Waals surface area contributed by atoms with Crippen LogP contribution in [0, 0.1) is 11.3 Å². The summed E-state index contributed by atoms with van der Waals surface area (Å²) < 4.78 is 11.3. The number of ketones is 1. The lowest BCUT2D eigenvalue weighted by atomic mass is 9.56. The molecule has 0 amide bonds. The quantitative estimate of drug-likeness (QED) is 0.706. The normalized spacial score (nSPS) is 56.7. The standard InChI is InChI=1S/C15H20O5/c1-8-10(17)4-3-9-5-11(18)15(14(6-16)7-19-14)12(20-15)13(8,9)2/h5,8,10,12,16-17H,3-4,6-7H2,1-2H3/t8?,10-,12-,13?,14?,15+/m1/s1. The number of aliphatic hydroxyl groups is 2. The van der Waals surface area contributed by atoms with Crippen LogP contribution >= 0.6 is 0 Å². The topological polar surface area (TPSA) is 82.6 Å². The van der Waals surface area contributed by atoms with Gasteiger partial charge in [-0.25, -0.2) is 0 Å². The number of hydrogen-bond acceptors (Lipinski definition) is 5. The van der Waals surface area contributed by atoms with Crippen LogP contribution in [0.3, 0.4) is 0 Å². The fourth-order valence-electron chi connectivity index (χ4n) is 4.38. The van der Waals surface area contributed by atoms with Crippen molar-refractivity contribution in [3.63, 3.8) is 0 Å². The first-order valence-electron chi connectivity index (χ1n) is 7.28. The van der Waals surface area contributed by atoms with E-state index in [4.69, 9.17) is 9.47 Å². The molecule has 0 aromatic heterocycles. The van der Waals surface area contributed by atoms with Gasteiger partial charge in [-0.1, -0.05) is 19.4 Å². The number of fused-ring (bicyclic) bond motifs is 3. The molecule has 0 radical (unpaired) electrons. The Kier molecular flexibility index (Phi) is 2.28. The van der Waals surface area contributed by atoms with Gasteiger partial charge in [0.15, 0.2) is 17.0 Å². The van der Waals surface area contributed by atoms with E-state index in [2.05, 4.69) is 6.92 Å². The number of carbonyl (C=O) groups is 1. The van der Waals surface area contributed by atoms with Gasteiger partial charge in [-0.05, 0) is 24.8 Å². The minimum absolute atomic E-state index is 0.0250. The summed E-state index contributed by atoms with van der Waals surface area (Å²) in [5.41, 5.74) is -1.15. The van der Waals surface area contributed by atoms with Gasteiger partial charge in [0.05, 0.1) is 19.3 Å². The molecular weight excluding hydrogens is 260 g/mol. The number of aliphatic hydroxyl groups excluding tert-OH is 2. The van der Waals surface area contributed by atoms with Crippen LogP contribution in [0.15, 0.2) is 11.6 Å². The van der Waals surface area contributed by atoms with Gasteiger partial charge in [-0.3, -0.25) is 4.79 Å². The zero-order chi connectivity index (χ0) is 14.3. The average Bonchev–Trinajstić information content (AvgIpc) is 3.29. The Hall–Kier alpha value is -0.750. The molecule has 2 saturated heterocycles. The van der Waals surface area contributed by atoms with Crippen molar-refractivity contribution in [3.8, 4) is 0 Å². The molecule has 5 heteroatoms. The lowest BCUT2D eigenvalue weighted by molar-refractivity contribution is -0.123. The number of rotatable bonds is 2. The van der Waals surface area contributed by atoms with Gasteiger partial charge in [-0.15, -0.1) is 0 Å². The maximum Gasteiger partial charge on any atom is 0.193 e. The maximum absolute atomic E-state index is 12.5. The lowest BCUT2D eigenvalue weighted by Crippen LogP contribution is -2.55. The zero-order valence-corrected chi connectivity index (χ0v) is 11.8. The smallest absolute Gasteiger partial charge is 0.193 e. The summed E-state index contributed by atoms with van der Waals surface area (Å²) in [7, 11) is 0. The molecule has 4 aliphatic rings. The van der Waals surface area contributed by atoms with Crippen LogP contribution in [0.25, 0.3) is 0 Å². The third-order valence-electron chi connectivity index (χ3n) is 6.18. The van der Waals surface area contributed by atoms with Crippen molar-refractivity contribution in [2.75, 3.05) is 13.2 Å². The van der Waals surface area contributed by atoms with Crippen molar-refractivity contribution in [1.29, 1.82) is 0 Å². The highest BCUT2D eigenvalue weighted by molar-refractivity contribution is 6.03. The van der Waals surface area contributed by atoms with Gasteiger partial charge in [-0.2, -0.15) is 0 Å². The molecule has 6 atom stereocenters. The molecule has 2 aliphatic carbocycles. The molecule has 0 bridgehead atoms. The van der Waals surface area contributed by atoms with Crippen LogP contribution in [-0.2, 0) is 14.3 Å². The molecule has 1 saturated carbocycles. The first-order chi connectivity index (χ1) is 9.42. The Morgan fingerprint density at radius 3 is 2.80 bits per heavy atom. The number of hydrogen-bond donors (Lipinski definition) is 2. The van der Waals surface area contributed by atoms with E-state index in [9.17, 15) is 15.0 Å². The molecular formula is C15H20O5. The highest BCUT2D eigenvalue weighted by Crippen LogP contribution is 2.67. The summed E-state index contributed by atoms with van der Waals surface area (Å²) in [4.78, 5) is 12.5. The van der Waals surface area contributed by atoms with Crippen molar-refractivity contribution in [1.82, 2.24) is 0 Å². The number of ether oxygens (including phenoxy) is 2. The number of carbonyl (C=O) groups excluding carboxylic acids is 1. The van der Waals surface area contributed by atoms with Crippen LogP contribution in [0.4, 0.5) is 0 Å². The SMILES string of the molecule is CC1[C@H](O)CCC2=CC(=O)[C@]3(C4(CO)CO4)O[C@@H]3C21C. The molecule has 2 aliphatic heterocycles. The van der Waals surface area contributed by atoms with E-state index in [0.717, 1.165) is 12.0 Å². The Bertz CT molecular complexity index is 522. The summed E-state index contributed by atoms with van der Waals surface area (Å²) in [6.07, 6.45) is 2.44. The second kappa shape index (κ2) is 3.53. The highest BCUT2D eigenvalue weighted by atomic mass is 16.7. The van der Waals surface area contributed by atoms with Crippen molar-refractivity contribution >= 4 is 5.78 Å². The third kappa shape index (κ3) is 1.18. The van der Waals surface area contributed by atoms with E-state index in [-0.39, 0.29) is 35.9 Å². The van der Waals surface area contributed by atoms with Crippen LogP contribution in [0.1, 0.15) is 26.7 Å². The van der Waals surface area contributed by atoms with E-state index in [1.807, 2.05) is 6.92 Å². The second-order valence-corrected chi connectivity index (χ2v) is 6.89. The van der Waals surface area contributed by atoms with Gasteiger partial charge in [0.2, 0.25) is 0 Å². The van der Waals surface area contributed by atoms with E-state index >= 15 is 0 Å². The number of epoxide rings is 2. The molecule has 110 valence electrons. The summed E-state index contributed by atoms with van der Waals surface area (Å²) in [5, 5.41) is 19.8. The molecule has 20 heavy (non-hydrogen) atoms. The van der Waals surface area contributed by atoms with Crippen molar-refractivity contribution in [2.24, 2.45) is 11.3 Å². The second-order valence-electron chi connectivity index (χ2n) is 6.89. The molecule has 4 rings (SSSR count). The first kappa shape index (κ1) is 13.0. The van der Waals surface area contributed by atoms with Gasteiger partial charge < -0.3 is 19.7 Å². The third-order valence-corrected chi connectivity index (χ3v) is 6.18. The lowest BCUT2D eigenvalue weighted by Gasteiger charge is -2.46. The minimum Gasteiger partial charge on any atom is -0.393 e. The van der Waals surface area contributed by atoms with Crippen LogP contribution < -0.4 is 0 Å². The van der Waals surface area contributed by atoms with Gasteiger partial charge in [0.25, 0.3) is 0 Å². The first-order valence-corrected chi connectivity index (χ1v) is 7.28. The Morgan fingerprint density at radius 1 is 1.50 bits per heavy atom. The fourth-order valence-corrected chi connectivity index (χ4v) is 4.38. The minimum atomic E-state index is -1.02. The summed E-state index contributed by atoms with van der Waals surface area (Å²) in [5.74, 6) is -0.0536. The molecule has 2 heterocycles. The van der Waals surface area contributed by atoms with Gasteiger partial charge in [0, 0.05) is 5.41 Å². The molecule has 2 N–H and O–H groups in total. The Morgan fingerprint density at radius 2 is 2.20 bits per heavy atom. The molecule has 5 nitrogen and oxygen atoms in total. The molecule has 3 unspecified atom stereocenters. The van der Waals surface area contributed by atoms with Gasteiger partial charge >= 0.3 is 0 Å². The van der Waals surface area contributed by atoms with Crippen LogP contribution in [0.2, 0.25) is 0 Å². The highest BCUT2D eigenvalue weighted by Gasteiger charge is 2.84. The molecule has 3 fully saturated rings. The maximum atomic E-state index is 12.5. The predicted molar refractivity (Wildman–Crippen MR) is 69.0 cm³/mol. The van der Waals surface area contributed by atoms with Gasteiger partial charge in [0.1, 0.15) is 6.10 Å². The van der Waals surface area contributed by atoms with Crippen molar-refractivity contribution in [2.45, 2.75) is 50.1 Å².